The maximum Gasteiger partial charge on any atom is 0.104 e. The zero-order valence-corrected chi connectivity index (χ0v) is 7.42. The zero-order chi connectivity index (χ0) is 8.60. The standard InChI is InChI=1S/C10H15NO/c1-8(11)10(4-5-10)7-9-3-2-6-12-9/h2-3,6,8H,4-5,7,11H2,1H3. The van der Waals surface area contributed by atoms with Gasteiger partial charge in [0.15, 0.2) is 0 Å². The molecule has 0 saturated heterocycles. The maximum atomic E-state index is 5.91. The lowest BCUT2D eigenvalue weighted by Crippen LogP contribution is -2.29. The van der Waals surface area contributed by atoms with Crippen LogP contribution in [0.3, 0.4) is 0 Å². The second-order valence-electron chi connectivity index (χ2n) is 3.91. The summed E-state index contributed by atoms with van der Waals surface area (Å²) in [6.07, 6.45) is 5.25. The van der Waals surface area contributed by atoms with Gasteiger partial charge in [-0.05, 0) is 37.3 Å². The third kappa shape index (κ3) is 1.27. The summed E-state index contributed by atoms with van der Waals surface area (Å²) < 4.78 is 5.30. The molecule has 1 aromatic heterocycles. The van der Waals surface area contributed by atoms with Crippen LogP contribution in [0.5, 0.6) is 0 Å². The summed E-state index contributed by atoms with van der Waals surface area (Å²) in [5.74, 6) is 1.07. The van der Waals surface area contributed by atoms with Crippen molar-refractivity contribution in [3.8, 4) is 0 Å². The summed E-state index contributed by atoms with van der Waals surface area (Å²) in [7, 11) is 0. The van der Waals surface area contributed by atoms with E-state index in [1.54, 1.807) is 6.26 Å². The molecule has 0 aromatic carbocycles. The van der Waals surface area contributed by atoms with Crippen molar-refractivity contribution in [1.82, 2.24) is 0 Å². The fraction of sp³-hybridized carbons (Fsp3) is 0.600. The molecular weight excluding hydrogens is 150 g/mol. The lowest BCUT2D eigenvalue weighted by Gasteiger charge is -2.17. The number of furan rings is 1. The topological polar surface area (TPSA) is 39.2 Å². The van der Waals surface area contributed by atoms with E-state index >= 15 is 0 Å². The first-order chi connectivity index (χ1) is 5.73. The SMILES string of the molecule is CC(N)C1(Cc2ccco2)CC1. The second-order valence-corrected chi connectivity index (χ2v) is 3.91. The summed E-state index contributed by atoms with van der Waals surface area (Å²) in [6, 6.07) is 4.26. The van der Waals surface area contributed by atoms with Crippen molar-refractivity contribution in [2.45, 2.75) is 32.2 Å². The molecule has 2 rings (SSSR count). The van der Waals surface area contributed by atoms with Gasteiger partial charge in [0.1, 0.15) is 5.76 Å². The fourth-order valence-corrected chi connectivity index (χ4v) is 1.71. The smallest absolute Gasteiger partial charge is 0.104 e. The Bertz CT molecular complexity index is 247. The Hall–Kier alpha value is -0.760. The number of nitrogens with two attached hydrogens (primary N) is 1. The van der Waals surface area contributed by atoms with Crippen molar-refractivity contribution in [3.05, 3.63) is 24.2 Å². The third-order valence-electron chi connectivity index (χ3n) is 2.96. The van der Waals surface area contributed by atoms with Gasteiger partial charge in [-0.25, -0.2) is 0 Å². The highest BCUT2D eigenvalue weighted by Gasteiger charge is 2.46. The number of hydrogen-bond acceptors (Lipinski definition) is 2. The van der Waals surface area contributed by atoms with Gasteiger partial charge in [-0.2, -0.15) is 0 Å². The average molecular weight is 165 g/mol. The van der Waals surface area contributed by atoms with Crippen LogP contribution in [0.2, 0.25) is 0 Å². The lowest BCUT2D eigenvalue weighted by molar-refractivity contribution is 0.374. The largest absolute Gasteiger partial charge is 0.469 e. The molecule has 1 fully saturated rings. The van der Waals surface area contributed by atoms with Gasteiger partial charge in [-0.1, -0.05) is 0 Å². The van der Waals surface area contributed by atoms with E-state index in [1.165, 1.54) is 12.8 Å². The molecule has 66 valence electrons. The van der Waals surface area contributed by atoms with Crippen molar-refractivity contribution < 1.29 is 4.42 Å². The molecule has 12 heavy (non-hydrogen) atoms. The highest BCUT2D eigenvalue weighted by atomic mass is 16.3. The van der Waals surface area contributed by atoms with E-state index in [0.29, 0.717) is 11.5 Å². The summed E-state index contributed by atoms with van der Waals surface area (Å²) in [4.78, 5) is 0. The molecule has 2 N–H and O–H groups in total. The summed E-state index contributed by atoms with van der Waals surface area (Å²) in [5, 5.41) is 0. The number of hydrogen-bond donors (Lipinski definition) is 1. The van der Waals surface area contributed by atoms with Crippen LogP contribution in [0.1, 0.15) is 25.5 Å². The van der Waals surface area contributed by atoms with Crippen LogP contribution in [0.15, 0.2) is 22.8 Å². The van der Waals surface area contributed by atoms with Crippen LogP contribution in [-0.4, -0.2) is 6.04 Å². The Morgan fingerprint density at radius 2 is 2.42 bits per heavy atom. The van der Waals surface area contributed by atoms with Gasteiger partial charge < -0.3 is 10.2 Å². The number of rotatable bonds is 3. The van der Waals surface area contributed by atoms with Crippen LogP contribution in [-0.2, 0) is 6.42 Å². The molecule has 0 aliphatic heterocycles. The molecule has 2 heteroatoms. The normalized spacial score (nSPS) is 22.2. The lowest BCUT2D eigenvalue weighted by atomic mass is 9.93. The molecule has 1 saturated carbocycles. The first-order valence-electron chi connectivity index (χ1n) is 4.51. The van der Waals surface area contributed by atoms with E-state index < -0.39 is 0 Å². The minimum absolute atomic E-state index is 0.294. The Morgan fingerprint density at radius 3 is 2.83 bits per heavy atom. The molecule has 0 bridgehead atoms. The Balaban J connectivity index is 2.04. The van der Waals surface area contributed by atoms with E-state index in [-0.39, 0.29) is 0 Å². The van der Waals surface area contributed by atoms with Gasteiger partial charge in [0, 0.05) is 12.5 Å². The monoisotopic (exact) mass is 165 g/mol. The zero-order valence-electron chi connectivity index (χ0n) is 7.42. The predicted molar refractivity (Wildman–Crippen MR) is 47.7 cm³/mol. The second kappa shape index (κ2) is 2.63. The quantitative estimate of drug-likeness (QED) is 0.743. The molecular formula is C10H15NO. The Morgan fingerprint density at radius 1 is 1.67 bits per heavy atom. The van der Waals surface area contributed by atoms with Crippen molar-refractivity contribution in [2.24, 2.45) is 11.1 Å². The predicted octanol–water partition coefficient (Wildman–Crippen LogP) is 1.95. The van der Waals surface area contributed by atoms with Gasteiger partial charge in [0.2, 0.25) is 0 Å². The molecule has 0 radical (unpaired) electrons. The van der Waals surface area contributed by atoms with E-state index in [4.69, 9.17) is 10.2 Å². The molecule has 1 atom stereocenters. The maximum absolute atomic E-state index is 5.91. The van der Waals surface area contributed by atoms with Crippen molar-refractivity contribution in [3.63, 3.8) is 0 Å². The molecule has 1 unspecified atom stereocenters. The average Bonchev–Trinajstić information content (AvgIpc) is 2.60. The summed E-state index contributed by atoms with van der Waals surface area (Å²) in [6.45, 7) is 2.09. The molecule has 1 aliphatic rings. The van der Waals surface area contributed by atoms with Crippen molar-refractivity contribution >= 4 is 0 Å². The summed E-state index contributed by atoms with van der Waals surface area (Å²) >= 11 is 0. The fourth-order valence-electron chi connectivity index (χ4n) is 1.71. The van der Waals surface area contributed by atoms with Crippen molar-refractivity contribution in [2.75, 3.05) is 0 Å². The van der Waals surface area contributed by atoms with E-state index in [0.717, 1.165) is 12.2 Å². The van der Waals surface area contributed by atoms with Crippen molar-refractivity contribution in [1.29, 1.82) is 0 Å². The first-order valence-corrected chi connectivity index (χ1v) is 4.51. The highest BCUT2D eigenvalue weighted by molar-refractivity contribution is 5.09. The van der Waals surface area contributed by atoms with Crippen LogP contribution in [0, 0.1) is 5.41 Å². The highest BCUT2D eigenvalue weighted by Crippen LogP contribution is 2.50. The van der Waals surface area contributed by atoms with E-state index in [2.05, 4.69) is 6.92 Å². The Kier molecular flexibility index (Phi) is 1.72. The van der Waals surface area contributed by atoms with E-state index in [9.17, 15) is 0 Å². The van der Waals surface area contributed by atoms with Crippen LogP contribution in [0.25, 0.3) is 0 Å². The van der Waals surface area contributed by atoms with Crippen LogP contribution < -0.4 is 5.73 Å². The van der Waals surface area contributed by atoms with Gasteiger partial charge in [0.25, 0.3) is 0 Å². The third-order valence-corrected chi connectivity index (χ3v) is 2.96. The van der Waals surface area contributed by atoms with Crippen LogP contribution >= 0.6 is 0 Å². The van der Waals surface area contributed by atoms with Crippen LogP contribution in [0.4, 0.5) is 0 Å². The van der Waals surface area contributed by atoms with Gasteiger partial charge in [0.05, 0.1) is 6.26 Å². The van der Waals surface area contributed by atoms with E-state index in [1.807, 2.05) is 12.1 Å². The minimum atomic E-state index is 0.294. The summed E-state index contributed by atoms with van der Waals surface area (Å²) in [5.41, 5.74) is 6.27. The molecule has 2 nitrogen and oxygen atoms in total. The van der Waals surface area contributed by atoms with Gasteiger partial charge >= 0.3 is 0 Å². The van der Waals surface area contributed by atoms with Gasteiger partial charge in [-0.3, -0.25) is 0 Å². The molecule has 0 amide bonds. The van der Waals surface area contributed by atoms with Gasteiger partial charge in [-0.15, -0.1) is 0 Å². The molecule has 1 aliphatic carbocycles. The first kappa shape index (κ1) is 7.87. The Labute approximate surface area is 72.7 Å². The molecule has 0 spiro atoms. The molecule has 1 heterocycles. The molecule has 1 aromatic rings. The minimum Gasteiger partial charge on any atom is -0.469 e.